The summed E-state index contributed by atoms with van der Waals surface area (Å²) in [4.78, 5) is 26.8. The van der Waals surface area contributed by atoms with Gasteiger partial charge >= 0.3 is 0 Å². The van der Waals surface area contributed by atoms with Gasteiger partial charge < -0.3 is 14.4 Å². The molecule has 31 heavy (non-hydrogen) atoms. The molecule has 0 bridgehead atoms. The summed E-state index contributed by atoms with van der Waals surface area (Å²) in [7, 11) is 0. The Hall–Kier alpha value is -2.87. The highest BCUT2D eigenvalue weighted by molar-refractivity contribution is 6.06. The zero-order valence-corrected chi connectivity index (χ0v) is 17.4. The maximum Gasteiger partial charge on any atom is 0.254 e. The second kappa shape index (κ2) is 9.09. The number of benzene rings is 1. The second-order valence-electron chi connectivity index (χ2n) is 7.93. The molecule has 160 valence electrons. The summed E-state index contributed by atoms with van der Waals surface area (Å²) >= 11 is 0. The predicted octanol–water partition coefficient (Wildman–Crippen LogP) is 2.68. The van der Waals surface area contributed by atoms with Crippen LogP contribution in [0.3, 0.4) is 0 Å². The van der Waals surface area contributed by atoms with E-state index in [0.29, 0.717) is 45.0 Å². The standard InChI is InChI=1S/C24H26N4O3/c29-24(28-10-12-30-13-11-28)20-15-22(26-21-7-2-1-6-19(20)21)23-17-27(9-14-31-23)16-18-5-3-4-8-25-18/h1-8,15,23H,9-14,16-17H2/t23-/m1/s1. The first-order chi connectivity index (χ1) is 15.3. The van der Waals surface area contributed by atoms with Gasteiger partial charge in [0.2, 0.25) is 0 Å². The van der Waals surface area contributed by atoms with Gasteiger partial charge in [-0.1, -0.05) is 24.3 Å². The van der Waals surface area contributed by atoms with Crippen molar-refractivity contribution in [1.29, 1.82) is 0 Å². The van der Waals surface area contributed by atoms with Gasteiger partial charge in [-0.15, -0.1) is 0 Å². The van der Waals surface area contributed by atoms with Gasteiger partial charge in [-0.2, -0.15) is 0 Å². The van der Waals surface area contributed by atoms with Crippen molar-refractivity contribution in [2.45, 2.75) is 12.6 Å². The molecule has 1 amide bonds. The van der Waals surface area contributed by atoms with Crippen molar-refractivity contribution in [2.75, 3.05) is 46.0 Å². The lowest BCUT2D eigenvalue weighted by molar-refractivity contribution is -0.0352. The summed E-state index contributed by atoms with van der Waals surface area (Å²) in [5.74, 6) is 0.0318. The number of aromatic nitrogens is 2. The number of ether oxygens (including phenoxy) is 2. The smallest absolute Gasteiger partial charge is 0.254 e. The first kappa shape index (κ1) is 20.1. The van der Waals surface area contributed by atoms with Crippen LogP contribution in [0.5, 0.6) is 0 Å². The van der Waals surface area contributed by atoms with Crippen LogP contribution in [0.1, 0.15) is 27.8 Å². The largest absolute Gasteiger partial charge is 0.378 e. The molecule has 0 saturated carbocycles. The van der Waals surface area contributed by atoms with E-state index < -0.39 is 0 Å². The highest BCUT2D eigenvalue weighted by atomic mass is 16.5. The Morgan fingerprint density at radius 3 is 2.71 bits per heavy atom. The van der Waals surface area contributed by atoms with Gasteiger partial charge in [-0.25, -0.2) is 4.98 Å². The molecule has 2 aliphatic rings. The number of amides is 1. The van der Waals surface area contributed by atoms with Crippen molar-refractivity contribution < 1.29 is 14.3 Å². The number of pyridine rings is 2. The number of carbonyl (C=O) groups is 1. The van der Waals surface area contributed by atoms with Crippen LogP contribution in [0, 0.1) is 0 Å². The maximum absolute atomic E-state index is 13.3. The minimum Gasteiger partial charge on any atom is -0.378 e. The Morgan fingerprint density at radius 1 is 1.03 bits per heavy atom. The fraction of sp³-hybridized carbons (Fsp3) is 0.375. The summed E-state index contributed by atoms with van der Waals surface area (Å²) in [5, 5.41) is 0.879. The van der Waals surface area contributed by atoms with Gasteiger partial charge in [0, 0.05) is 44.3 Å². The number of carbonyl (C=O) groups excluding carboxylic acids is 1. The van der Waals surface area contributed by atoms with Crippen molar-refractivity contribution in [1.82, 2.24) is 19.8 Å². The van der Waals surface area contributed by atoms with Crippen molar-refractivity contribution in [3.8, 4) is 0 Å². The molecule has 4 heterocycles. The summed E-state index contributed by atoms with van der Waals surface area (Å²) in [6.07, 6.45) is 1.64. The third kappa shape index (κ3) is 4.44. The lowest BCUT2D eigenvalue weighted by atomic mass is 10.0. The molecule has 0 radical (unpaired) electrons. The van der Waals surface area contributed by atoms with E-state index in [0.717, 1.165) is 35.4 Å². The second-order valence-corrected chi connectivity index (χ2v) is 7.93. The van der Waals surface area contributed by atoms with Crippen LogP contribution in [0.25, 0.3) is 10.9 Å². The molecule has 2 aliphatic heterocycles. The lowest BCUT2D eigenvalue weighted by Crippen LogP contribution is -2.41. The van der Waals surface area contributed by atoms with E-state index in [9.17, 15) is 4.79 Å². The molecule has 0 spiro atoms. The number of hydrogen-bond acceptors (Lipinski definition) is 6. The average molecular weight is 418 g/mol. The molecule has 0 unspecified atom stereocenters. The number of morpholine rings is 2. The number of fused-ring (bicyclic) bond motifs is 1. The van der Waals surface area contributed by atoms with E-state index in [1.165, 1.54) is 0 Å². The number of para-hydroxylation sites is 1. The minimum atomic E-state index is -0.182. The van der Waals surface area contributed by atoms with Crippen LogP contribution in [0.2, 0.25) is 0 Å². The topological polar surface area (TPSA) is 67.8 Å². The highest BCUT2D eigenvalue weighted by Crippen LogP contribution is 2.27. The van der Waals surface area contributed by atoms with E-state index >= 15 is 0 Å². The monoisotopic (exact) mass is 418 g/mol. The Labute approximate surface area is 181 Å². The molecular weight excluding hydrogens is 392 g/mol. The molecule has 1 atom stereocenters. The molecule has 7 heteroatoms. The van der Waals surface area contributed by atoms with Crippen LogP contribution in [-0.2, 0) is 16.0 Å². The zero-order chi connectivity index (χ0) is 21.0. The van der Waals surface area contributed by atoms with Crippen LogP contribution < -0.4 is 0 Å². The van der Waals surface area contributed by atoms with E-state index in [4.69, 9.17) is 14.5 Å². The summed E-state index contributed by atoms with van der Waals surface area (Å²) in [5.41, 5.74) is 3.36. The number of hydrogen-bond donors (Lipinski definition) is 0. The summed E-state index contributed by atoms with van der Waals surface area (Å²) in [6, 6.07) is 15.7. The Balaban J connectivity index is 1.43. The summed E-state index contributed by atoms with van der Waals surface area (Å²) in [6.45, 7) is 5.34. The van der Waals surface area contributed by atoms with E-state index in [1.807, 2.05) is 59.6 Å². The Kier molecular flexibility index (Phi) is 5.88. The third-order valence-corrected chi connectivity index (χ3v) is 5.86. The first-order valence-electron chi connectivity index (χ1n) is 10.8. The minimum absolute atomic E-state index is 0.0318. The number of nitrogens with zero attached hydrogens (tertiary/aromatic N) is 4. The Bertz CT molecular complexity index is 1050. The average Bonchev–Trinajstić information content (AvgIpc) is 2.84. The van der Waals surface area contributed by atoms with Crippen molar-refractivity contribution in [3.05, 3.63) is 71.7 Å². The fourth-order valence-electron chi connectivity index (χ4n) is 4.22. The molecule has 0 aliphatic carbocycles. The van der Waals surface area contributed by atoms with E-state index in [-0.39, 0.29) is 12.0 Å². The normalized spacial score (nSPS) is 20.1. The van der Waals surface area contributed by atoms with E-state index in [2.05, 4.69) is 9.88 Å². The van der Waals surface area contributed by atoms with Gasteiger partial charge in [0.15, 0.2) is 0 Å². The van der Waals surface area contributed by atoms with Crippen LogP contribution in [0.4, 0.5) is 0 Å². The van der Waals surface area contributed by atoms with Gasteiger partial charge in [0.1, 0.15) is 6.10 Å². The molecule has 2 fully saturated rings. The summed E-state index contributed by atoms with van der Waals surface area (Å²) < 4.78 is 11.5. The van der Waals surface area contributed by atoms with Crippen molar-refractivity contribution >= 4 is 16.8 Å². The van der Waals surface area contributed by atoms with Crippen LogP contribution in [-0.4, -0.2) is 71.7 Å². The Morgan fingerprint density at radius 2 is 1.87 bits per heavy atom. The first-order valence-corrected chi connectivity index (χ1v) is 10.8. The third-order valence-electron chi connectivity index (χ3n) is 5.86. The molecule has 0 N–H and O–H groups in total. The molecule has 5 rings (SSSR count). The molecular formula is C24H26N4O3. The highest BCUT2D eigenvalue weighted by Gasteiger charge is 2.27. The van der Waals surface area contributed by atoms with Crippen LogP contribution >= 0.6 is 0 Å². The molecule has 7 nitrogen and oxygen atoms in total. The van der Waals surface area contributed by atoms with Gasteiger partial charge in [0.25, 0.3) is 5.91 Å². The maximum atomic E-state index is 13.3. The van der Waals surface area contributed by atoms with Gasteiger partial charge in [0.05, 0.1) is 42.3 Å². The van der Waals surface area contributed by atoms with E-state index in [1.54, 1.807) is 0 Å². The molecule has 2 saturated heterocycles. The lowest BCUT2D eigenvalue weighted by Gasteiger charge is -2.33. The fourth-order valence-corrected chi connectivity index (χ4v) is 4.22. The quantitative estimate of drug-likeness (QED) is 0.649. The van der Waals surface area contributed by atoms with Crippen molar-refractivity contribution in [2.24, 2.45) is 0 Å². The van der Waals surface area contributed by atoms with Gasteiger partial charge in [-0.3, -0.25) is 14.7 Å². The molecule has 2 aromatic heterocycles. The SMILES string of the molecule is O=C(c1cc([C@H]2CN(Cc3ccccn3)CCO2)nc2ccccc12)N1CCOCC1. The van der Waals surface area contributed by atoms with Gasteiger partial charge in [-0.05, 0) is 24.3 Å². The van der Waals surface area contributed by atoms with Crippen LogP contribution in [0.15, 0.2) is 54.7 Å². The van der Waals surface area contributed by atoms with Crippen molar-refractivity contribution in [3.63, 3.8) is 0 Å². The molecule has 1 aromatic carbocycles. The predicted molar refractivity (Wildman–Crippen MR) is 117 cm³/mol. The zero-order valence-electron chi connectivity index (χ0n) is 17.4. The molecule has 3 aromatic rings. The number of rotatable bonds is 4.